The van der Waals surface area contributed by atoms with E-state index in [0.717, 1.165) is 45.2 Å². The van der Waals surface area contributed by atoms with Gasteiger partial charge in [0.15, 0.2) is 5.76 Å². The quantitative estimate of drug-likeness (QED) is 0.349. The zero-order chi connectivity index (χ0) is 26.3. The van der Waals surface area contributed by atoms with Crippen LogP contribution in [-0.4, -0.2) is 52.7 Å². The summed E-state index contributed by atoms with van der Waals surface area (Å²) in [5.74, 6) is 0.964. The molecule has 3 aromatic rings. The van der Waals surface area contributed by atoms with E-state index in [1.807, 2.05) is 9.80 Å². The molecule has 0 N–H and O–H groups in total. The number of benzene rings is 2. The Kier molecular flexibility index (Phi) is 6.26. The molecular formula is C30H31N3O5. The first-order valence-corrected chi connectivity index (χ1v) is 13.4. The summed E-state index contributed by atoms with van der Waals surface area (Å²) < 4.78 is 5.80. The lowest BCUT2D eigenvalue weighted by molar-refractivity contribution is -0.384. The van der Waals surface area contributed by atoms with Gasteiger partial charge in [0.2, 0.25) is 5.91 Å². The molecule has 38 heavy (non-hydrogen) atoms. The van der Waals surface area contributed by atoms with Crippen LogP contribution < -0.4 is 0 Å². The van der Waals surface area contributed by atoms with E-state index in [1.165, 1.54) is 17.2 Å². The Hall–Kier alpha value is -3.94. The van der Waals surface area contributed by atoms with E-state index >= 15 is 0 Å². The Morgan fingerprint density at radius 1 is 0.895 bits per heavy atom. The molecule has 3 heterocycles. The fourth-order valence-corrected chi connectivity index (χ4v) is 6.51. The molecule has 2 aromatic carbocycles. The SMILES string of the molecule is O=C(CC1Cc2ccccc2C1)N1CCC2(CC1)CCN(C(=O)c1ccc(-c3ccccc3[N+](=O)[O-])o1)C2. The number of nitro benzene ring substituents is 1. The predicted octanol–water partition coefficient (Wildman–Crippen LogP) is 5.11. The number of piperidine rings is 1. The number of nitro groups is 1. The van der Waals surface area contributed by atoms with E-state index in [1.54, 1.807) is 30.3 Å². The van der Waals surface area contributed by atoms with Crippen LogP contribution in [0.5, 0.6) is 0 Å². The van der Waals surface area contributed by atoms with Gasteiger partial charge < -0.3 is 14.2 Å². The largest absolute Gasteiger partial charge is 0.451 e. The van der Waals surface area contributed by atoms with Crippen molar-refractivity contribution in [1.29, 1.82) is 0 Å². The maximum Gasteiger partial charge on any atom is 0.289 e. The summed E-state index contributed by atoms with van der Waals surface area (Å²) in [4.78, 5) is 41.1. The second kappa shape index (κ2) is 9.74. The number of fused-ring (bicyclic) bond motifs is 1. The fourth-order valence-electron chi connectivity index (χ4n) is 6.51. The number of carbonyl (C=O) groups excluding carboxylic acids is 2. The molecule has 1 aromatic heterocycles. The van der Waals surface area contributed by atoms with E-state index in [9.17, 15) is 19.7 Å². The summed E-state index contributed by atoms with van der Waals surface area (Å²) in [5.41, 5.74) is 3.09. The number of rotatable bonds is 5. The number of amides is 2. The molecule has 0 saturated carbocycles. The van der Waals surface area contributed by atoms with Crippen molar-refractivity contribution in [2.24, 2.45) is 11.3 Å². The molecule has 0 unspecified atom stereocenters. The highest BCUT2D eigenvalue weighted by Crippen LogP contribution is 2.41. The van der Waals surface area contributed by atoms with Gasteiger partial charge in [0.1, 0.15) is 5.76 Å². The minimum atomic E-state index is -0.451. The number of hydrogen-bond acceptors (Lipinski definition) is 5. The van der Waals surface area contributed by atoms with E-state index in [-0.39, 0.29) is 28.7 Å². The summed E-state index contributed by atoms with van der Waals surface area (Å²) in [7, 11) is 0. The molecule has 8 heteroatoms. The second-order valence-electron chi connectivity index (χ2n) is 11.0. The standard InChI is InChI=1S/C30H31N3O5/c34-28(19-21-17-22-5-1-2-6-23(22)18-21)31-14-11-30(12-15-31)13-16-32(20-30)29(35)27-10-9-26(38-27)24-7-3-4-8-25(24)33(36)37/h1-10,21H,11-20H2. The summed E-state index contributed by atoms with van der Waals surface area (Å²) >= 11 is 0. The van der Waals surface area contributed by atoms with Crippen molar-refractivity contribution in [2.75, 3.05) is 26.2 Å². The van der Waals surface area contributed by atoms with E-state index < -0.39 is 4.92 Å². The predicted molar refractivity (Wildman–Crippen MR) is 142 cm³/mol. The third kappa shape index (κ3) is 4.59. The monoisotopic (exact) mass is 513 g/mol. The van der Waals surface area contributed by atoms with Crippen LogP contribution >= 0.6 is 0 Å². The second-order valence-corrected chi connectivity index (χ2v) is 11.0. The molecule has 6 rings (SSSR count). The maximum atomic E-state index is 13.2. The van der Waals surface area contributed by atoms with Crippen LogP contribution in [0.25, 0.3) is 11.3 Å². The van der Waals surface area contributed by atoms with Gasteiger partial charge in [-0.1, -0.05) is 36.4 Å². The van der Waals surface area contributed by atoms with Gasteiger partial charge in [0.05, 0.1) is 10.5 Å². The molecule has 2 fully saturated rings. The van der Waals surface area contributed by atoms with E-state index in [2.05, 4.69) is 24.3 Å². The van der Waals surface area contributed by atoms with Crippen LogP contribution in [0.3, 0.4) is 0 Å². The lowest BCUT2D eigenvalue weighted by atomic mass is 9.77. The molecular weight excluding hydrogens is 482 g/mol. The first kappa shape index (κ1) is 24.4. The number of likely N-dealkylation sites (tertiary alicyclic amines) is 2. The third-order valence-corrected chi connectivity index (χ3v) is 8.68. The highest BCUT2D eigenvalue weighted by atomic mass is 16.6. The summed E-state index contributed by atoms with van der Waals surface area (Å²) in [5, 5.41) is 11.4. The van der Waals surface area contributed by atoms with Gasteiger partial charge in [0, 0.05) is 38.7 Å². The molecule has 2 saturated heterocycles. The Balaban J connectivity index is 1.04. The van der Waals surface area contributed by atoms with Crippen molar-refractivity contribution in [3.8, 4) is 11.3 Å². The number of hydrogen-bond donors (Lipinski definition) is 0. The van der Waals surface area contributed by atoms with E-state index in [4.69, 9.17) is 4.42 Å². The number of furan rings is 1. The van der Waals surface area contributed by atoms with Crippen molar-refractivity contribution in [2.45, 2.75) is 38.5 Å². The molecule has 2 amide bonds. The zero-order valence-corrected chi connectivity index (χ0v) is 21.3. The van der Waals surface area contributed by atoms with Crippen molar-refractivity contribution < 1.29 is 18.9 Å². The summed E-state index contributed by atoms with van der Waals surface area (Å²) in [6, 6.07) is 18.1. The van der Waals surface area contributed by atoms with Crippen molar-refractivity contribution in [3.05, 3.63) is 87.7 Å². The number of para-hydroxylation sites is 1. The zero-order valence-electron chi connectivity index (χ0n) is 21.3. The van der Waals surface area contributed by atoms with Crippen LogP contribution in [0.15, 0.2) is 65.1 Å². The molecule has 0 bridgehead atoms. The topological polar surface area (TPSA) is 96.9 Å². The Labute approximate surface area is 221 Å². The first-order valence-electron chi connectivity index (χ1n) is 13.4. The van der Waals surface area contributed by atoms with Crippen molar-refractivity contribution >= 4 is 17.5 Å². The van der Waals surface area contributed by atoms with Crippen LogP contribution in [-0.2, 0) is 17.6 Å². The normalized spacial score (nSPS) is 18.6. The van der Waals surface area contributed by atoms with Gasteiger partial charge in [-0.15, -0.1) is 0 Å². The lowest BCUT2D eigenvalue weighted by Crippen LogP contribution is -2.45. The highest BCUT2D eigenvalue weighted by Gasteiger charge is 2.43. The lowest BCUT2D eigenvalue weighted by Gasteiger charge is -2.39. The summed E-state index contributed by atoms with van der Waals surface area (Å²) in [6.07, 6.45) is 5.29. The number of nitrogens with zero attached hydrogens (tertiary/aromatic N) is 3. The minimum absolute atomic E-state index is 0.0314. The molecule has 2 aliphatic heterocycles. The van der Waals surface area contributed by atoms with Gasteiger partial charge in [0.25, 0.3) is 11.6 Å². The fraction of sp³-hybridized carbons (Fsp3) is 0.400. The van der Waals surface area contributed by atoms with Gasteiger partial charge in [-0.05, 0) is 72.8 Å². The average Bonchev–Trinajstić information content (AvgIpc) is 3.67. The molecule has 8 nitrogen and oxygen atoms in total. The molecule has 0 radical (unpaired) electrons. The van der Waals surface area contributed by atoms with Crippen molar-refractivity contribution in [3.63, 3.8) is 0 Å². The minimum Gasteiger partial charge on any atom is -0.451 e. The molecule has 1 spiro atoms. The first-order chi connectivity index (χ1) is 18.4. The number of carbonyl (C=O) groups is 2. The highest BCUT2D eigenvalue weighted by molar-refractivity contribution is 5.92. The van der Waals surface area contributed by atoms with Crippen LogP contribution in [0.2, 0.25) is 0 Å². The van der Waals surface area contributed by atoms with Crippen LogP contribution in [0.1, 0.15) is 47.4 Å². The molecule has 1 aliphatic carbocycles. The molecule has 3 aliphatic rings. The van der Waals surface area contributed by atoms with Gasteiger partial charge in [-0.2, -0.15) is 0 Å². The Morgan fingerprint density at radius 3 is 2.21 bits per heavy atom. The average molecular weight is 514 g/mol. The van der Waals surface area contributed by atoms with Crippen LogP contribution in [0, 0.1) is 21.4 Å². The summed E-state index contributed by atoms with van der Waals surface area (Å²) in [6.45, 7) is 2.77. The van der Waals surface area contributed by atoms with Gasteiger partial charge in [-0.3, -0.25) is 19.7 Å². The van der Waals surface area contributed by atoms with E-state index in [0.29, 0.717) is 36.8 Å². The Morgan fingerprint density at radius 2 is 1.53 bits per heavy atom. The third-order valence-electron chi connectivity index (χ3n) is 8.68. The van der Waals surface area contributed by atoms with Crippen molar-refractivity contribution in [1.82, 2.24) is 9.80 Å². The van der Waals surface area contributed by atoms with Gasteiger partial charge >= 0.3 is 0 Å². The molecule has 0 atom stereocenters. The smallest absolute Gasteiger partial charge is 0.289 e. The van der Waals surface area contributed by atoms with Gasteiger partial charge in [-0.25, -0.2) is 0 Å². The van der Waals surface area contributed by atoms with Crippen LogP contribution in [0.4, 0.5) is 5.69 Å². The Bertz CT molecular complexity index is 1360. The maximum absolute atomic E-state index is 13.2. The molecule has 196 valence electrons.